The lowest BCUT2D eigenvalue weighted by atomic mass is 10.2. The fraction of sp³-hybridized carbons (Fsp3) is 0.222. The zero-order valence-corrected chi connectivity index (χ0v) is 14.2. The Morgan fingerprint density at radius 1 is 1.04 bits per heavy atom. The molecular weight excluding hydrogens is 322 g/mol. The zero-order chi connectivity index (χ0) is 16.8. The largest absolute Gasteiger partial charge is 0.497 e. The minimum atomic E-state index is 0.176. The molecule has 124 valence electrons. The minimum absolute atomic E-state index is 0.176. The van der Waals surface area contributed by atoms with E-state index in [-0.39, 0.29) is 6.61 Å². The summed E-state index contributed by atoms with van der Waals surface area (Å²) in [7, 11) is 1.65. The Bertz CT molecular complexity index is 773. The Labute approximate surface area is 145 Å². The Hall–Kier alpha value is -2.31. The van der Waals surface area contributed by atoms with Gasteiger partial charge >= 0.3 is 0 Å². The van der Waals surface area contributed by atoms with Crippen LogP contribution in [-0.4, -0.2) is 39.3 Å². The number of methoxy groups -OCH3 is 1. The molecule has 0 fully saturated rings. The van der Waals surface area contributed by atoms with Crippen molar-refractivity contribution in [1.82, 2.24) is 14.8 Å². The molecule has 1 heterocycles. The summed E-state index contributed by atoms with van der Waals surface area (Å²) in [6, 6.07) is 17.8. The third kappa shape index (κ3) is 3.60. The number of rotatable bonds is 7. The average molecular weight is 341 g/mol. The maximum absolute atomic E-state index is 9.00. The molecule has 0 spiro atoms. The molecule has 0 bridgehead atoms. The number of aromatic nitrogens is 3. The molecule has 2 aromatic carbocycles. The maximum Gasteiger partial charge on any atom is 0.196 e. The van der Waals surface area contributed by atoms with Gasteiger partial charge in [0.25, 0.3) is 0 Å². The SMILES string of the molecule is COc1ccc(-n2c(SCCCO)nnc2-c2ccccc2)cc1. The van der Waals surface area contributed by atoms with E-state index in [1.54, 1.807) is 18.9 Å². The molecular formula is C18H19N3O2S. The van der Waals surface area contributed by atoms with Crippen LogP contribution in [0.5, 0.6) is 5.75 Å². The molecule has 0 radical (unpaired) electrons. The van der Waals surface area contributed by atoms with Crippen LogP contribution in [0, 0.1) is 0 Å². The van der Waals surface area contributed by atoms with Crippen LogP contribution in [0.15, 0.2) is 59.8 Å². The number of thioether (sulfide) groups is 1. The lowest BCUT2D eigenvalue weighted by Gasteiger charge is -2.11. The van der Waals surface area contributed by atoms with E-state index in [1.165, 1.54) is 0 Å². The van der Waals surface area contributed by atoms with Crippen molar-refractivity contribution in [1.29, 1.82) is 0 Å². The van der Waals surface area contributed by atoms with E-state index in [0.717, 1.165) is 40.2 Å². The molecule has 0 aliphatic rings. The van der Waals surface area contributed by atoms with Gasteiger partial charge < -0.3 is 9.84 Å². The Kier molecular flexibility index (Phi) is 5.51. The second-order valence-corrected chi connectivity index (χ2v) is 6.19. The van der Waals surface area contributed by atoms with Gasteiger partial charge in [-0.1, -0.05) is 42.1 Å². The van der Waals surface area contributed by atoms with Crippen molar-refractivity contribution in [2.24, 2.45) is 0 Å². The van der Waals surface area contributed by atoms with Crippen LogP contribution < -0.4 is 4.74 Å². The van der Waals surface area contributed by atoms with Crippen LogP contribution >= 0.6 is 11.8 Å². The molecule has 0 unspecified atom stereocenters. The molecule has 3 aromatic rings. The molecule has 0 aliphatic heterocycles. The number of aliphatic hydroxyl groups excluding tert-OH is 1. The van der Waals surface area contributed by atoms with Gasteiger partial charge in [0.1, 0.15) is 5.75 Å². The first-order valence-corrected chi connectivity index (χ1v) is 8.71. The van der Waals surface area contributed by atoms with Gasteiger partial charge in [-0.2, -0.15) is 0 Å². The topological polar surface area (TPSA) is 60.2 Å². The second-order valence-electron chi connectivity index (χ2n) is 5.13. The summed E-state index contributed by atoms with van der Waals surface area (Å²) < 4.78 is 7.28. The lowest BCUT2D eigenvalue weighted by molar-refractivity contribution is 0.296. The first-order chi connectivity index (χ1) is 11.8. The summed E-state index contributed by atoms with van der Waals surface area (Å²) in [6.07, 6.45) is 0.723. The van der Waals surface area contributed by atoms with Crippen LogP contribution in [0.3, 0.4) is 0 Å². The highest BCUT2D eigenvalue weighted by molar-refractivity contribution is 7.99. The molecule has 0 aliphatic carbocycles. The summed E-state index contributed by atoms with van der Waals surface area (Å²) in [5, 5.41) is 18.5. The van der Waals surface area contributed by atoms with Crippen molar-refractivity contribution in [3.63, 3.8) is 0 Å². The third-order valence-electron chi connectivity index (χ3n) is 3.53. The number of aliphatic hydroxyl groups is 1. The minimum Gasteiger partial charge on any atom is -0.497 e. The van der Waals surface area contributed by atoms with E-state index in [9.17, 15) is 0 Å². The van der Waals surface area contributed by atoms with Gasteiger partial charge in [-0.15, -0.1) is 10.2 Å². The maximum atomic E-state index is 9.00. The van der Waals surface area contributed by atoms with Gasteiger partial charge in [0.2, 0.25) is 0 Å². The Morgan fingerprint density at radius 2 is 1.79 bits per heavy atom. The summed E-state index contributed by atoms with van der Waals surface area (Å²) in [6.45, 7) is 0.176. The lowest BCUT2D eigenvalue weighted by Crippen LogP contribution is -2.00. The Balaban J connectivity index is 2.03. The first-order valence-electron chi connectivity index (χ1n) is 7.72. The van der Waals surface area contributed by atoms with Crippen molar-refractivity contribution < 1.29 is 9.84 Å². The van der Waals surface area contributed by atoms with Crippen molar-refractivity contribution in [3.05, 3.63) is 54.6 Å². The molecule has 0 saturated carbocycles. The van der Waals surface area contributed by atoms with E-state index in [2.05, 4.69) is 10.2 Å². The molecule has 1 N–H and O–H groups in total. The summed E-state index contributed by atoms with van der Waals surface area (Å²) >= 11 is 1.59. The van der Waals surface area contributed by atoms with Gasteiger partial charge in [0.05, 0.1) is 7.11 Å². The highest BCUT2D eigenvalue weighted by Crippen LogP contribution is 2.28. The quantitative estimate of drug-likeness (QED) is 0.527. The molecule has 24 heavy (non-hydrogen) atoms. The normalized spacial score (nSPS) is 10.8. The van der Waals surface area contributed by atoms with Crippen LogP contribution in [-0.2, 0) is 0 Å². The standard InChI is InChI=1S/C18H19N3O2S/c1-23-16-10-8-15(9-11-16)21-17(14-6-3-2-4-7-14)19-20-18(21)24-13-5-12-22/h2-4,6-11,22H,5,12-13H2,1H3. The predicted octanol–water partition coefficient (Wildman–Crippen LogP) is 3.42. The molecule has 1 aromatic heterocycles. The van der Waals surface area contributed by atoms with Crippen LogP contribution in [0.1, 0.15) is 6.42 Å². The first kappa shape index (κ1) is 16.5. The fourth-order valence-corrected chi connectivity index (χ4v) is 3.21. The van der Waals surface area contributed by atoms with Gasteiger partial charge in [-0.25, -0.2) is 0 Å². The van der Waals surface area contributed by atoms with E-state index < -0.39 is 0 Å². The van der Waals surface area contributed by atoms with E-state index >= 15 is 0 Å². The van der Waals surface area contributed by atoms with E-state index in [4.69, 9.17) is 9.84 Å². The number of nitrogens with zero attached hydrogens (tertiary/aromatic N) is 3. The van der Waals surface area contributed by atoms with Crippen LogP contribution in [0.2, 0.25) is 0 Å². The van der Waals surface area contributed by atoms with Gasteiger partial charge in [0.15, 0.2) is 11.0 Å². The molecule has 0 atom stereocenters. The fourth-order valence-electron chi connectivity index (χ4n) is 2.33. The smallest absolute Gasteiger partial charge is 0.196 e. The van der Waals surface area contributed by atoms with Crippen molar-refractivity contribution in [2.45, 2.75) is 11.6 Å². The van der Waals surface area contributed by atoms with Crippen molar-refractivity contribution >= 4 is 11.8 Å². The monoisotopic (exact) mass is 341 g/mol. The zero-order valence-electron chi connectivity index (χ0n) is 13.4. The number of hydrogen-bond donors (Lipinski definition) is 1. The molecule has 6 heteroatoms. The summed E-state index contributed by atoms with van der Waals surface area (Å²) in [5.74, 6) is 2.40. The van der Waals surface area contributed by atoms with E-state index in [0.29, 0.717) is 0 Å². The highest BCUT2D eigenvalue weighted by Gasteiger charge is 2.15. The van der Waals surface area contributed by atoms with Crippen LogP contribution in [0.25, 0.3) is 17.1 Å². The predicted molar refractivity (Wildman–Crippen MR) is 95.8 cm³/mol. The molecule has 3 rings (SSSR count). The average Bonchev–Trinajstić information content (AvgIpc) is 3.06. The van der Waals surface area contributed by atoms with Gasteiger partial charge in [-0.3, -0.25) is 4.57 Å². The van der Waals surface area contributed by atoms with Gasteiger partial charge in [-0.05, 0) is 30.7 Å². The van der Waals surface area contributed by atoms with Crippen molar-refractivity contribution in [3.8, 4) is 22.8 Å². The molecule has 5 nitrogen and oxygen atoms in total. The third-order valence-corrected chi connectivity index (χ3v) is 4.54. The second kappa shape index (κ2) is 7.99. The molecule has 0 amide bonds. The van der Waals surface area contributed by atoms with Crippen LogP contribution in [0.4, 0.5) is 0 Å². The summed E-state index contributed by atoms with van der Waals surface area (Å²) in [4.78, 5) is 0. The van der Waals surface area contributed by atoms with E-state index in [1.807, 2.05) is 59.2 Å². The number of hydrogen-bond acceptors (Lipinski definition) is 5. The number of ether oxygens (including phenoxy) is 1. The summed E-state index contributed by atoms with van der Waals surface area (Å²) in [5.41, 5.74) is 1.99. The number of benzene rings is 2. The van der Waals surface area contributed by atoms with Gasteiger partial charge in [0, 0.05) is 23.6 Å². The molecule has 0 saturated heterocycles. The Morgan fingerprint density at radius 3 is 2.46 bits per heavy atom. The van der Waals surface area contributed by atoms with Crippen molar-refractivity contribution in [2.75, 3.05) is 19.5 Å². The highest BCUT2D eigenvalue weighted by atomic mass is 32.2.